The molecule has 0 aliphatic rings. The molecule has 1 heterocycles. The molecule has 13 heavy (non-hydrogen) atoms. The summed E-state index contributed by atoms with van der Waals surface area (Å²) in [5.41, 5.74) is 11.4. The van der Waals surface area contributed by atoms with Crippen LogP contribution < -0.4 is 11.5 Å². The lowest BCUT2D eigenvalue weighted by Gasteiger charge is -2.05. The zero-order valence-electron chi connectivity index (χ0n) is 7.01. The fourth-order valence-corrected chi connectivity index (χ4v) is 0.873. The van der Waals surface area contributed by atoms with Crippen LogP contribution in [0.1, 0.15) is 5.56 Å². The Hall–Kier alpha value is -1.13. The van der Waals surface area contributed by atoms with E-state index in [2.05, 4.69) is 4.98 Å². The normalized spacial score (nSPS) is 11.5. The van der Waals surface area contributed by atoms with Gasteiger partial charge < -0.3 is 11.5 Å². The molecule has 4 nitrogen and oxygen atoms in total. The van der Waals surface area contributed by atoms with Crippen molar-refractivity contribution in [2.24, 2.45) is 11.5 Å². The summed E-state index contributed by atoms with van der Waals surface area (Å²) in [7, 11) is 0. The highest BCUT2D eigenvalue weighted by molar-refractivity contribution is 5.85. The van der Waals surface area contributed by atoms with Gasteiger partial charge in [0.05, 0.1) is 6.04 Å². The Labute approximate surface area is 82.7 Å². The number of nitrogens with zero attached hydrogens (tertiary/aromatic N) is 1. The van der Waals surface area contributed by atoms with Crippen LogP contribution in [0, 0.1) is 0 Å². The molecule has 0 unspecified atom stereocenters. The molecule has 1 atom stereocenters. The second-order valence-corrected chi connectivity index (χ2v) is 2.57. The summed E-state index contributed by atoms with van der Waals surface area (Å²) in [5.74, 6) is -0.487. The predicted molar refractivity (Wildman–Crippen MR) is 52.4 cm³/mol. The number of carbonyl (C=O) groups excluding carboxylic acids is 1. The van der Waals surface area contributed by atoms with Crippen LogP contribution in [0.5, 0.6) is 0 Å². The summed E-state index contributed by atoms with van der Waals surface area (Å²) in [6, 6.07) is 3.04. The quantitative estimate of drug-likeness (QED) is 0.714. The fourth-order valence-electron chi connectivity index (χ4n) is 0.873. The van der Waals surface area contributed by atoms with Crippen molar-refractivity contribution in [2.75, 3.05) is 0 Å². The monoisotopic (exact) mass is 201 g/mol. The summed E-state index contributed by atoms with van der Waals surface area (Å²) >= 11 is 0. The van der Waals surface area contributed by atoms with E-state index in [-0.39, 0.29) is 12.4 Å². The number of carbonyl (C=O) groups is 1. The van der Waals surface area contributed by atoms with Crippen molar-refractivity contribution >= 4 is 18.3 Å². The van der Waals surface area contributed by atoms with Crippen molar-refractivity contribution in [3.63, 3.8) is 0 Å². The lowest BCUT2D eigenvalue weighted by atomic mass is 10.1. The Kier molecular flexibility index (Phi) is 5.03. The van der Waals surface area contributed by atoms with Crippen molar-refractivity contribution in [1.29, 1.82) is 0 Å². The fraction of sp³-hybridized carbons (Fsp3) is 0.250. The van der Waals surface area contributed by atoms with E-state index < -0.39 is 11.9 Å². The summed E-state index contributed by atoms with van der Waals surface area (Å²) in [6.45, 7) is 0. The molecule has 0 saturated carbocycles. The van der Waals surface area contributed by atoms with Gasteiger partial charge in [0.1, 0.15) is 0 Å². The molecule has 0 spiro atoms. The molecule has 0 aliphatic carbocycles. The molecule has 1 rings (SSSR count). The zero-order valence-corrected chi connectivity index (χ0v) is 7.83. The summed E-state index contributed by atoms with van der Waals surface area (Å²) < 4.78 is 0. The maximum absolute atomic E-state index is 10.6. The highest BCUT2D eigenvalue weighted by Gasteiger charge is 2.09. The molecule has 1 aromatic heterocycles. The van der Waals surface area contributed by atoms with E-state index >= 15 is 0 Å². The lowest BCUT2D eigenvalue weighted by molar-refractivity contribution is -0.119. The summed E-state index contributed by atoms with van der Waals surface area (Å²) in [4.78, 5) is 14.5. The van der Waals surface area contributed by atoms with Crippen LogP contribution >= 0.6 is 12.4 Å². The third-order valence-electron chi connectivity index (χ3n) is 1.54. The molecule has 72 valence electrons. The molecule has 0 aromatic carbocycles. The highest BCUT2D eigenvalue weighted by atomic mass is 35.5. The standard InChI is InChI=1S/C8H11N3O.ClH/c9-7(8(10)12)4-6-2-1-3-11-5-6;/h1-3,5,7H,4,9H2,(H2,10,12);1H/t7-;/m0./s1. The van der Waals surface area contributed by atoms with Gasteiger partial charge in [-0.15, -0.1) is 12.4 Å². The third kappa shape index (κ3) is 3.87. The van der Waals surface area contributed by atoms with Gasteiger partial charge in [-0.1, -0.05) is 6.07 Å². The second kappa shape index (κ2) is 5.50. The van der Waals surface area contributed by atoms with Crippen LogP contribution in [0.4, 0.5) is 0 Å². The Bertz CT molecular complexity index is 265. The van der Waals surface area contributed by atoms with E-state index in [4.69, 9.17) is 11.5 Å². The Morgan fingerprint density at radius 1 is 1.62 bits per heavy atom. The van der Waals surface area contributed by atoms with E-state index in [1.807, 2.05) is 6.07 Å². The molecule has 1 amide bonds. The first-order valence-corrected chi connectivity index (χ1v) is 3.64. The molecule has 0 radical (unpaired) electrons. The molecular formula is C8H12ClN3O. The molecule has 4 N–H and O–H groups in total. The topological polar surface area (TPSA) is 82.0 Å². The first-order valence-electron chi connectivity index (χ1n) is 3.64. The van der Waals surface area contributed by atoms with E-state index in [0.29, 0.717) is 6.42 Å². The Morgan fingerprint density at radius 3 is 2.77 bits per heavy atom. The first kappa shape index (κ1) is 11.9. The Balaban J connectivity index is 0.00000144. The van der Waals surface area contributed by atoms with Crippen molar-refractivity contribution in [3.05, 3.63) is 30.1 Å². The Morgan fingerprint density at radius 2 is 2.31 bits per heavy atom. The van der Waals surface area contributed by atoms with Gasteiger partial charge in [-0.05, 0) is 18.1 Å². The average Bonchev–Trinajstić information content (AvgIpc) is 2.06. The highest BCUT2D eigenvalue weighted by Crippen LogP contribution is 1.98. The second-order valence-electron chi connectivity index (χ2n) is 2.57. The third-order valence-corrected chi connectivity index (χ3v) is 1.54. The average molecular weight is 202 g/mol. The molecule has 5 heteroatoms. The molecule has 0 bridgehead atoms. The van der Waals surface area contributed by atoms with Crippen LogP contribution in [0.25, 0.3) is 0 Å². The number of aromatic nitrogens is 1. The maximum atomic E-state index is 10.6. The van der Waals surface area contributed by atoms with Gasteiger partial charge >= 0.3 is 0 Å². The smallest absolute Gasteiger partial charge is 0.234 e. The van der Waals surface area contributed by atoms with Crippen molar-refractivity contribution in [1.82, 2.24) is 4.98 Å². The van der Waals surface area contributed by atoms with Crippen molar-refractivity contribution in [2.45, 2.75) is 12.5 Å². The van der Waals surface area contributed by atoms with Gasteiger partial charge in [-0.2, -0.15) is 0 Å². The van der Waals surface area contributed by atoms with Crippen LogP contribution in [-0.2, 0) is 11.2 Å². The maximum Gasteiger partial charge on any atom is 0.234 e. The van der Waals surface area contributed by atoms with Crippen LogP contribution in [0.15, 0.2) is 24.5 Å². The minimum atomic E-state index is -0.616. The SMILES string of the molecule is Cl.NC(=O)[C@@H](N)Cc1cccnc1. The van der Waals surface area contributed by atoms with Gasteiger partial charge in [0.15, 0.2) is 0 Å². The van der Waals surface area contributed by atoms with Gasteiger partial charge in [0, 0.05) is 12.4 Å². The molecule has 1 aromatic rings. The lowest BCUT2D eigenvalue weighted by Crippen LogP contribution is -2.38. The van der Waals surface area contributed by atoms with Crippen molar-refractivity contribution in [3.8, 4) is 0 Å². The van der Waals surface area contributed by atoms with E-state index in [9.17, 15) is 4.79 Å². The number of hydrogen-bond acceptors (Lipinski definition) is 3. The van der Waals surface area contributed by atoms with Gasteiger partial charge in [-0.25, -0.2) is 0 Å². The predicted octanol–water partition coefficient (Wildman–Crippen LogP) is -0.142. The first-order chi connectivity index (χ1) is 5.70. The zero-order chi connectivity index (χ0) is 8.97. The number of nitrogens with two attached hydrogens (primary N) is 2. The number of rotatable bonds is 3. The van der Waals surface area contributed by atoms with E-state index in [1.165, 1.54) is 0 Å². The number of amides is 1. The number of pyridine rings is 1. The molecular weight excluding hydrogens is 190 g/mol. The van der Waals surface area contributed by atoms with Crippen LogP contribution in [0.3, 0.4) is 0 Å². The largest absolute Gasteiger partial charge is 0.368 e. The number of primary amides is 1. The minimum absolute atomic E-state index is 0. The number of halogens is 1. The van der Waals surface area contributed by atoms with E-state index in [0.717, 1.165) is 5.56 Å². The van der Waals surface area contributed by atoms with Gasteiger partial charge in [0.25, 0.3) is 0 Å². The number of hydrogen-bond donors (Lipinski definition) is 2. The summed E-state index contributed by atoms with van der Waals surface area (Å²) in [5, 5.41) is 0. The molecule has 0 aliphatic heterocycles. The van der Waals surface area contributed by atoms with Gasteiger partial charge in [0.2, 0.25) is 5.91 Å². The molecule has 0 fully saturated rings. The molecule has 0 saturated heterocycles. The van der Waals surface area contributed by atoms with Crippen LogP contribution in [0.2, 0.25) is 0 Å². The van der Waals surface area contributed by atoms with E-state index in [1.54, 1.807) is 18.5 Å². The van der Waals surface area contributed by atoms with Gasteiger partial charge in [-0.3, -0.25) is 9.78 Å². The summed E-state index contributed by atoms with van der Waals surface area (Å²) in [6.07, 6.45) is 3.78. The van der Waals surface area contributed by atoms with Crippen LogP contribution in [-0.4, -0.2) is 16.9 Å². The minimum Gasteiger partial charge on any atom is -0.368 e. The van der Waals surface area contributed by atoms with Crippen molar-refractivity contribution < 1.29 is 4.79 Å².